The molecular formula is C22H37NO4. The predicted octanol–water partition coefficient (Wildman–Crippen LogP) is 4.36. The number of rotatable bonds is 15. The van der Waals surface area contributed by atoms with E-state index >= 15 is 0 Å². The maximum absolute atomic E-state index is 11.9. The molecule has 0 bridgehead atoms. The second-order valence-corrected chi connectivity index (χ2v) is 7.52. The number of carbonyl (C=O) groups is 1. The van der Waals surface area contributed by atoms with Crippen LogP contribution in [0.4, 0.5) is 0 Å². The van der Waals surface area contributed by atoms with Crippen molar-refractivity contribution in [2.24, 2.45) is 17.6 Å². The van der Waals surface area contributed by atoms with Gasteiger partial charge in [-0.3, -0.25) is 4.79 Å². The van der Waals surface area contributed by atoms with Gasteiger partial charge in [-0.25, -0.2) is 0 Å². The summed E-state index contributed by atoms with van der Waals surface area (Å²) in [7, 11) is 3.30. The highest BCUT2D eigenvalue weighted by molar-refractivity contribution is 5.77. The number of primary amides is 1. The lowest BCUT2D eigenvalue weighted by Gasteiger charge is -2.16. The third kappa shape index (κ3) is 9.66. The molecule has 0 aromatic heterocycles. The molecule has 0 fully saturated rings. The molecule has 0 aliphatic carbocycles. The quantitative estimate of drug-likeness (QED) is 0.460. The summed E-state index contributed by atoms with van der Waals surface area (Å²) in [5.41, 5.74) is 6.69. The molecule has 1 amide bonds. The summed E-state index contributed by atoms with van der Waals surface area (Å²) in [5.74, 6) is 1.77. The molecule has 0 aliphatic heterocycles. The number of unbranched alkanes of at least 4 members (excludes halogenated alkanes) is 2. The number of amides is 1. The molecule has 1 rings (SSSR count). The molecule has 0 aliphatic rings. The van der Waals surface area contributed by atoms with Gasteiger partial charge in [0.1, 0.15) is 0 Å². The van der Waals surface area contributed by atoms with Gasteiger partial charge in [-0.05, 0) is 36.5 Å². The Balaban J connectivity index is 2.62. The largest absolute Gasteiger partial charge is 0.493 e. The van der Waals surface area contributed by atoms with E-state index in [9.17, 15) is 4.79 Å². The van der Waals surface area contributed by atoms with Crippen LogP contribution in [0.5, 0.6) is 11.5 Å². The van der Waals surface area contributed by atoms with Crippen LogP contribution in [0, 0.1) is 11.8 Å². The van der Waals surface area contributed by atoms with Crippen molar-refractivity contribution in [3.8, 4) is 11.5 Å². The molecule has 0 heterocycles. The zero-order valence-corrected chi connectivity index (χ0v) is 17.5. The number of hydrogen-bond acceptors (Lipinski definition) is 4. The Hall–Kier alpha value is -1.75. The molecule has 1 aromatic carbocycles. The number of benzene rings is 1. The Bertz CT molecular complexity index is 545. The van der Waals surface area contributed by atoms with Crippen molar-refractivity contribution in [3.05, 3.63) is 23.8 Å². The van der Waals surface area contributed by atoms with E-state index in [2.05, 4.69) is 13.8 Å². The average Bonchev–Trinajstić information content (AvgIpc) is 2.63. The number of ether oxygens (including phenoxy) is 3. The molecule has 27 heavy (non-hydrogen) atoms. The third-order valence-electron chi connectivity index (χ3n) is 4.70. The van der Waals surface area contributed by atoms with E-state index in [1.165, 1.54) is 12.8 Å². The van der Waals surface area contributed by atoms with Gasteiger partial charge in [0.25, 0.3) is 0 Å². The SMILES string of the molecule is COCCCOc1cc(C[C@H](CCCCCC(C)C)C(N)=O)ccc1OC. The average molecular weight is 380 g/mol. The summed E-state index contributed by atoms with van der Waals surface area (Å²) in [6, 6.07) is 5.83. The second-order valence-electron chi connectivity index (χ2n) is 7.52. The van der Waals surface area contributed by atoms with Gasteiger partial charge < -0.3 is 19.9 Å². The summed E-state index contributed by atoms with van der Waals surface area (Å²) >= 11 is 0. The van der Waals surface area contributed by atoms with E-state index in [4.69, 9.17) is 19.9 Å². The van der Waals surface area contributed by atoms with Gasteiger partial charge in [0.05, 0.1) is 13.7 Å². The molecule has 0 radical (unpaired) electrons. The van der Waals surface area contributed by atoms with Gasteiger partial charge in [0.15, 0.2) is 11.5 Å². The Morgan fingerprint density at radius 2 is 1.74 bits per heavy atom. The van der Waals surface area contributed by atoms with Crippen LogP contribution in [0.15, 0.2) is 18.2 Å². The molecule has 0 unspecified atom stereocenters. The zero-order valence-electron chi connectivity index (χ0n) is 17.5. The Morgan fingerprint density at radius 1 is 1.00 bits per heavy atom. The predicted molar refractivity (Wildman–Crippen MR) is 109 cm³/mol. The number of nitrogens with two attached hydrogens (primary N) is 1. The van der Waals surface area contributed by atoms with E-state index in [1.807, 2.05) is 18.2 Å². The molecule has 5 nitrogen and oxygen atoms in total. The highest BCUT2D eigenvalue weighted by Gasteiger charge is 2.17. The molecule has 154 valence electrons. The Kier molecular flexibility index (Phi) is 11.6. The van der Waals surface area contributed by atoms with E-state index in [-0.39, 0.29) is 11.8 Å². The number of methoxy groups -OCH3 is 2. The van der Waals surface area contributed by atoms with E-state index in [1.54, 1.807) is 14.2 Å². The first-order valence-corrected chi connectivity index (χ1v) is 10.1. The van der Waals surface area contributed by atoms with Crippen molar-refractivity contribution >= 4 is 5.91 Å². The van der Waals surface area contributed by atoms with Crippen molar-refractivity contribution in [2.75, 3.05) is 27.4 Å². The van der Waals surface area contributed by atoms with Crippen LogP contribution in [0.3, 0.4) is 0 Å². The first kappa shape index (κ1) is 23.3. The molecule has 0 saturated carbocycles. The first-order valence-electron chi connectivity index (χ1n) is 10.1. The highest BCUT2D eigenvalue weighted by Crippen LogP contribution is 2.30. The lowest BCUT2D eigenvalue weighted by molar-refractivity contribution is -0.122. The fourth-order valence-corrected chi connectivity index (χ4v) is 3.10. The van der Waals surface area contributed by atoms with Gasteiger partial charge in [0.2, 0.25) is 5.91 Å². The Labute approximate surface area is 164 Å². The minimum atomic E-state index is -0.225. The highest BCUT2D eigenvalue weighted by atomic mass is 16.5. The third-order valence-corrected chi connectivity index (χ3v) is 4.70. The van der Waals surface area contributed by atoms with Crippen LogP contribution in [-0.2, 0) is 16.0 Å². The standard InChI is InChI=1S/C22H37NO4/c1-17(2)9-6-5-7-10-19(22(23)24)15-18-11-12-20(26-4)21(16-18)27-14-8-13-25-3/h11-12,16-17,19H,5-10,13-15H2,1-4H3,(H2,23,24)/t19-/m0/s1. The molecule has 2 N–H and O–H groups in total. The molecule has 5 heteroatoms. The summed E-state index contributed by atoms with van der Waals surface area (Å²) in [5, 5.41) is 0. The molecule has 1 atom stereocenters. The smallest absolute Gasteiger partial charge is 0.220 e. The van der Waals surface area contributed by atoms with Gasteiger partial charge in [-0.2, -0.15) is 0 Å². The van der Waals surface area contributed by atoms with Crippen LogP contribution in [0.2, 0.25) is 0 Å². The monoisotopic (exact) mass is 379 g/mol. The molecule has 1 aromatic rings. The van der Waals surface area contributed by atoms with Crippen LogP contribution in [-0.4, -0.2) is 33.3 Å². The van der Waals surface area contributed by atoms with Crippen molar-refractivity contribution in [2.45, 2.75) is 58.8 Å². The summed E-state index contributed by atoms with van der Waals surface area (Å²) in [4.78, 5) is 11.9. The van der Waals surface area contributed by atoms with Gasteiger partial charge in [0, 0.05) is 26.1 Å². The van der Waals surface area contributed by atoms with Crippen molar-refractivity contribution in [1.29, 1.82) is 0 Å². The molecular weight excluding hydrogens is 342 g/mol. The summed E-state index contributed by atoms with van der Waals surface area (Å²) in [6.45, 7) is 5.70. The first-order chi connectivity index (χ1) is 13.0. The van der Waals surface area contributed by atoms with Crippen molar-refractivity contribution in [1.82, 2.24) is 0 Å². The normalized spacial score (nSPS) is 12.2. The van der Waals surface area contributed by atoms with E-state index in [0.717, 1.165) is 37.2 Å². The summed E-state index contributed by atoms with van der Waals surface area (Å²) < 4.78 is 16.2. The summed E-state index contributed by atoms with van der Waals surface area (Å²) in [6.07, 6.45) is 6.93. The maximum Gasteiger partial charge on any atom is 0.220 e. The van der Waals surface area contributed by atoms with Gasteiger partial charge in [-0.1, -0.05) is 45.6 Å². The van der Waals surface area contributed by atoms with E-state index < -0.39 is 0 Å². The minimum absolute atomic E-state index is 0.140. The molecule has 0 saturated heterocycles. The zero-order chi connectivity index (χ0) is 20.1. The van der Waals surface area contributed by atoms with Crippen LogP contribution in [0.25, 0.3) is 0 Å². The lowest BCUT2D eigenvalue weighted by Crippen LogP contribution is -2.25. The van der Waals surface area contributed by atoms with Crippen molar-refractivity contribution in [3.63, 3.8) is 0 Å². The van der Waals surface area contributed by atoms with Gasteiger partial charge >= 0.3 is 0 Å². The van der Waals surface area contributed by atoms with Gasteiger partial charge in [-0.15, -0.1) is 0 Å². The Morgan fingerprint density at radius 3 is 2.37 bits per heavy atom. The minimum Gasteiger partial charge on any atom is -0.493 e. The fourth-order valence-electron chi connectivity index (χ4n) is 3.10. The topological polar surface area (TPSA) is 70.8 Å². The second kappa shape index (κ2) is 13.4. The number of carbonyl (C=O) groups excluding carboxylic acids is 1. The maximum atomic E-state index is 11.9. The number of hydrogen-bond donors (Lipinski definition) is 1. The molecule has 0 spiro atoms. The lowest BCUT2D eigenvalue weighted by atomic mass is 9.92. The van der Waals surface area contributed by atoms with Crippen LogP contribution >= 0.6 is 0 Å². The van der Waals surface area contributed by atoms with Crippen LogP contribution in [0.1, 0.15) is 57.9 Å². The van der Waals surface area contributed by atoms with Crippen LogP contribution < -0.4 is 15.2 Å². The van der Waals surface area contributed by atoms with E-state index in [0.29, 0.717) is 31.1 Å². The fraction of sp³-hybridized carbons (Fsp3) is 0.682. The van der Waals surface area contributed by atoms with Crippen molar-refractivity contribution < 1.29 is 19.0 Å².